The van der Waals surface area contributed by atoms with E-state index < -0.39 is 5.97 Å². The molecule has 2 aromatic carbocycles. The Kier molecular flexibility index (Phi) is 4.77. The van der Waals surface area contributed by atoms with E-state index in [9.17, 15) is 9.18 Å². The summed E-state index contributed by atoms with van der Waals surface area (Å²) in [5, 5.41) is 13.1. The first-order valence-corrected chi connectivity index (χ1v) is 9.05. The van der Waals surface area contributed by atoms with E-state index in [1.54, 1.807) is 30.5 Å². The number of benzene rings is 2. The number of aromatic carboxylic acids is 1. The number of hydrogen-bond acceptors (Lipinski definition) is 6. The lowest BCUT2D eigenvalue weighted by molar-refractivity contribution is 0.0697. The van der Waals surface area contributed by atoms with E-state index in [4.69, 9.17) is 5.11 Å². The van der Waals surface area contributed by atoms with Crippen LogP contribution in [0.4, 0.5) is 10.2 Å². The number of aromatic nitrogens is 2. The van der Waals surface area contributed by atoms with Gasteiger partial charge in [-0.1, -0.05) is 24.3 Å². The van der Waals surface area contributed by atoms with Crippen molar-refractivity contribution in [2.45, 2.75) is 0 Å². The Hall–Kier alpha value is -3.65. The first-order valence-electron chi connectivity index (χ1n) is 8.23. The minimum Gasteiger partial charge on any atom is -0.478 e. The van der Waals surface area contributed by atoms with Crippen LogP contribution in [0.1, 0.15) is 15.9 Å². The predicted molar refractivity (Wildman–Crippen MR) is 107 cm³/mol. The molecule has 28 heavy (non-hydrogen) atoms. The number of hydrazone groups is 1. The van der Waals surface area contributed by atoms with Crippen LogP contribution in [-0.4, -0.2) is 27.3 Å². The molecule has 8 heteroatoms. The van der Waals surface area contributed by atoms with E-state index in [-0.39, 0.29) is 11.4 Å². The highest BCUT2D eigenvalue weighted by Gasteiger charge is 2.10. The molecule has 0 spiro atoms. The van der Waals surface area contributed by atoms with Crippen molar-refractivity contribution in [2.24, 2.45) is 5.10 Å². The van der Waals surface area contributed by atoms with Crippen molar-refractivity contribution in [3.05, 3.63) is 77.9 Å². The molecular weight excluding hydrogens is 379 g/mol. The highest BCUT2D eigenvalue weighted by molar-refractivity contribution is 7.22. The molecule has 0 atom stereocenters. The molecule has 0 fully saturated rings. The number of carbonyl (C=O) groups is 1. The summed E-state index contributed by atoms with van der Waals surface area (Å²) in [7, 11) is 0. The van der Waals surface area contributed by atoms with E-state index in [2.05, 4.69) is 20.5 Å². The summed E-state index contributed by atoms with van der Waals surface area (Å²) in [5.41, 5.74) is 5.53. The van der Waals surface area contributed by atoms with Crippen LogP contribution in [0, 0.1) is 5.82 Å². The molecule has 0 radical (unpaired) electrons. The minimum absolute atomic E-state index is 0.217. The molecule has 0 aliphatic heterocycles. The first-order chi connectivity index (χ1) is 13.6. The van der Waals surface area contributed by atoms with E-state index >= 15 is 0 Å². The smallest absolute Gasteiger partial charge is 0.335 e. The Labute approximate surface area is 163 Å². The summed E-state index contributed by atoms with van der Waals surface area (Å²) in [5.74, 6) is -0.695. The highest BCUT2D eigenvalue weighted by Crippen LogP contribution is 2.35. The number of thiophene rings is 1. The highest BCUT2D eigenvalue weighted by atomic mass is 32.1. The molecular formula is C20H13FN4O2S. The summed E-state index contributed by atoms with van der Waals surface area (Å²) in [6, 6.07) is 14.6. The SMILES string of the molecule is O=C(O)c1ccc(C=NNc2ncnc3cc(-c4ccc(F)cc4)sc23)cc1. The lowest BCUT2D eigenvalue weighted by Crippen LogP contribution is -1.97. The fourth-order valence-electron chi connectivity index (χ4n) is 2.57. The Morgan fingerprint density at radius 3 is 2.57 bits per heavy atom. The first kappa shape index (κ1) is 17.7. The number of halogens is 1. The van der Waals surface area contributed by atoms with Crippen LogP contribution in [-0.2, 0) is 0 Å². The molecule has 0 aliphatic rings. The van der Waals surface area contributed by atoms with Gasteiger partial charge in [0.25, 0.3) is 0 Å². The van der Waals surface area contributed by atoms with Crippen LogP contribution < -0.4 is 5.43 Å². The number of nitrogens with one attached hydrogen (secondary N) is 1. The van der Waals surface area contributed by atoms with Gasteiger partial charge in [-0.25, -0.2) is 19.2 Å². The van der Waals surface area contributed by atoms with Crippen molar-refractivity contribution in [1.29, 1.82) is 0 Å². The summed E-state index contributed by atoms with van der Waals surface area (Å²) in [6.07, 6.45) is 3.02. The van der Waals surface area contributed by atoms with Crippen molar-refractivity contribution in [3.63, 3.8) is 0 Å². The average molecular weight is 392 g/mol. The zero-order chi connectivity index (χ0) is 19.5. The number of carboxylic acids is 1. The maximum Gasteiger partial charge on any atom is 0.335 e. The van der Waals surface area contributed by atoms with Gasteiger partial charge in [0.15, 0.2) is 5.82 Å². The van der Waals surface area contributed by atoms with Gasteiger partial charge < -0.3 is 5.11 Å². The van der Waals surface area contributed by atoms with Gasteiger partial charge in [-0.3, -0.25) is 5.43 Å². The minimum atomic E-state index is -0.973. The number of rotatable bonds is 5. The second-order valence-corrected chi connectivity index (χ2v) is 6.90. The van der Waals surface area contributed by atoms with Crippen LogP contribution in [0.2, 0.25) is 0 Å². The number of carboxylic acid groups (broad SMARTS) is 1. The van der Waals surface area contributed by atoms with Crippen molar-refractivity contribution >= 4 is 39.6 Å². The molecule has 4 rings (SSSR count). The van der Waals surface area contributed by atoms with Gasteiger partial charge in [-0.2, -0.15) is 5.10 Å². The van der Waals surface area contributed by atoms with Crippen LogP contribution in [0.3, 0.4) is 0 Å². The topological polar surface area (TPSA) is 87.5 Å². The maximum absolute atomic E-state index is 13.1. The lowest BCUT2D eigenvalue weighted by Gasteiger charge is -2.00. The summed E-state index contributed by atoms with van der Waals surface area (Å²) in [4.78, 5) is 20.3. The summed E-state index contributed by atoms with van der Waals surface area (Å²) in [6.45, 7) is 0. The fourth-order valence-corrected chi connectivity index (χ4v) is 3.63. The van der Waals surface area contributed by atoms with E-state index in [0.29, 0.717) is 5.82 Å². The van der Waals surface area contributed by atoms with E-state index in [0.717, 1.165) is 26.2 Å². The Bertz CT molecular complexity index is 1170. The van der Waals surface area contributed by atoms with Gasteiger partial charge in [0.05, 0.1) is 22.0 Å². The second kappa shape index (κ2) is 7.53. The predicted octanol–water partition coefficient (Wildman–Crippen LogP) is 4.64. The molecule has 2 N–H and O–H groups in total. The Morgan fingerprint density at radius 1 is 1.11 bits per heavy atom. The van der Waals surface area contributed by atoms with Crippen molar-refractivity contribution in [3.8, 4) is 10.4 Å². The lowest BCUT2D eigenvalue weighted by atomic mass is 10.1. The van der Waals surface area contributed by atoms with Crippen molar-refractivity contribution in [1.82, 2.24) is 9.97 Å². The average Bonchev–Trinajstić information content (AvgIpc) is 3.14. The Morgan fingerprint density at radius 2 is 1.86 bits per heavy atom. The molecule has 0 bridgehead atoms. The number of fused-ring (bicyclic) bond motifs is 1. The molecule has 0 amide bonds. The molecule has 2 heterocycles. The van der Waals surface area contributed by atoms with E-state index in [1.807, 2.05) is 6.07 Å². The maximum atomic E-state index is 13.1. The summed E-state index contributed by atoms with van der Waals surface area (Å²) < 4.78 is 14.0. The van der Waals surface area contributed by atoms with Gasteiger partial charge in [-0.15, -0.1) is 11.3 Å². The largest absolute Gasteiger partial charge is 0.478 e. The third-order valence-corrected chi connectivity index (χ3v) is 5.16. The van der Waals surface area contributed by atoms with E-state index in [1.165, 1.54) is 41.9 Å². The van der Waals surface area contributed by atoms with Crippen LogP contribution in [0.5, 0.6) is 0 Å². The number of nitrogens with zero attached hydrogens (tertiary/aromatic N) is 3. The molecule has 2 aromatic heterocycles. The standard InChI is InChI=1S/C20H13FN4O2S/c21-15-7-5-13(6-8-15)17-9-16-18(28-17)19(23-11-22-16)25-24-10-12-1-3-14(4-2-12)20(26)27/h1-11H,(H,26,27)(H,22,23,25). The quantitative estimate of drug-likeness (QED) is 0.382. The molecule has 138 valence electrons. The zero-order valence-electron chi connectivity index (χ0n) is 14.3. The van der Waals surface area contributed by atoms with Gasteiger partial charge in [0.1, 0.15) is 12.1 Å². The van der Waals surface area contributed by atoms with Gasteiger partial charge in [0.2, 0.25) is 0 Å². The van der Waals surface area contributed by atoms with Crippen LogP contribution in [0.15, 0.2) is 66.0 Å². The van der Waals surface area contributed by atoms with Crippen LogP contribution >= 0.6 is 11.3 Å². The second-order valence-electron chi connectivity index (χ2n) is 5.85. The molecule has 0 unspecified atom stereocenters. The monoisotopic (exact) mass is 392 g/mol. The molecule has 6 nitrogen and oxygen atoms in total. The van der Waals surface area contributed by atoms with Crippen molar-refractivity contribution in [2.75, 3.05) is 5.43 Å². The van der Waals surface area contributed by atoms with Gasteiger partial charge in [-0.05, 0) is 41.5 Å². The molecule has 0 saturated heterocycles. The normalized spacial score (nSPS) is 11.2. The molecule has 0 aliphatic carbocycles. The van der Waals surface area contributed by atoms with Gasteiger partial charge in [0, 0.05) is 4.88 Å². The summed E-state index contributed by atoms with van der Waals surface area (Å²) >= 11 is 1.49. The number of anilines is 1. The third-order valence-electron chi connectivity index (χ3n) is 3.98. The van der Waals surface area contributed by atoms with Crippen LogP contribution in [0.25, 0.3) is 20.7 Å². The molecule has 4 aromatic rings. The molecule has 0 saturated carbocycles. The zero-order valence-corrected chi connectivity index (χ0v) is 15.2. The third kappa shape index (κ3) is 3.72. The number of hydrogen-bond donors (Lipinski definition) is 2. The van der Waals surface area contributed by atoms with Crippen molar-refractivity contribution < 1.29 is 14.3 Å². The Balaban J connectivity index is 1.57. The van der Waals surface area contributed by atoms with Gasteiger partial charge >= 0.3 is 5.97 Å². The fraction of sp³-hybridized carbons (Fsp3) is 0.